The van der Waals surface area contributed by atoms with E-state index in [4.69, 9.17) is 0 Å². The fourth-order valence-electron chi connectivity index (χ4n) is 4.09. The first-order valence-corrected chi connectivity index (χ1v) is 10.2. The summed E-state index contributed by atoms with van der Waals surface area (Å²) in [6, 6.07) is 11.0. The van der Waals surface area contributed by atoms with Gasteiger partial charge in [0, 0.05) is 45.7 Å². The lowest BCUT2D eigenvalue weighted by Crippen LogP contribution is -2.45. The van der Waals surface area contributed by atoms with Crippen molar-refractivity contribution in [2.24, 2.45) is 4.99 Å². The van der Waals surface area contributed by atoms with E-state index in [0.717, 1.165) is 64.2 Å². The first-order chi connectivity index (χ1) is 13.2. The summed E-state index contributed by atoms with van der Waals surface area (Å²) in [4.78, 5) is 20.8. The maximum Gasteiger partial charge on any atom is 0.222 e. The van der Waals surface area contributed by atoms with Crippen molar-refractivity contribution in [2.45, 2.75) is 45.1 Å². The zero-order chi connectivity index (χ0) is 19.1. The minimum atomic E-state index is 0.320. The van der Waals surface area contributed by atoms with Crippen LogP contribution in [0.25, 0.3) is 5.57 Å². The van der Waals surface area contributed by atoms with E-state index in [-0.39, 0.29) is 0 Å². The van der Waals surface area contributed by atoms with E-state index >= 15 is 0 Å². The molecule has 0 radical (unpaired) electrons. The average Bonchev–Trinajstić information content (AvgIpc) is 3.15. The Balaban J connectivity index is 1.50. The molecule has 0 saturated carbocycles. The van der Waals surface area contributed by atoms with Gasteiger partial charge in [-0.3, -0.25) is 9.79 Å². The molecule has 146 valence electrons. The number of rotatable bonds is 6. The fraction of sp³-hybridized carbons (Fsp3) is 0.545. The standard InChI is InChI=1S/C22H32N4O/c1-3-20(26-15-7-10-21(26)27)11-14-24-22(23-2)25-16-12-19(13-17-25)18-8-5-4-6-9-18/h4-6,8-9,12,20H,3,7,10-11,13-17H2,1-2H3,(H,23,24). The second-order valence-corrected chi connectivity index (χ2v) is 7.31. The molecule has 1 amide bonds. The van der Waals surface area contributed by atoms with Crippen molar-refractivity contribution in [1.29, 1.82) is 0 Å². The number of nitrogens with zero attached hydrogens (tertiary/aromatic N) is 3. The van der Waals surface area contributed by atoms with Gasteiger partial charge >= 0.3 is 0 Å². The second-order valence-electron chi connectivity index (χ2n) is 7.31. The monoisotopic (exact) mass is 368 g/mol. The Morgan fingerprint density at radius 2 is 2.04 bits per heavy atom. The molecule has 1 unspecified atom stereocenters. The molecule has 1 aromatic rings. The summed E-state index contributed by atoms with van der Waals surface area (Å²) < 4.78 is 0. The Bertz CT molecular complexity index is 683. The molecule has 0 aliphatic carbocycles. The topological polar surface area (TPSA) is 47.9 Å². The molecule has 5 nitrogen and oxygen atoms in total. The largest absolute Gasteiger partial charge is 0.356 e. The smallest absolute Gasteiger partial charge is 0.222 e. The first kappa shape index (κ1) is 19.5. The van der Waals surface area contributed by atoms with Crippen molar-refractivity contribution in [3.8, 4) is 0 Å². The van der Waals surface area contributed by atoms with E-state index in [1.54, 1.807) is 0 Å². The molecule has 0 aromatic heterocycles. The molecule has 1 N–H and O–H groups in total. The van der Waals surface area contributed by atoms with Crippen molar-refractivity contribution in [3.05, 3.63) is 42.0 Å². The molecule has 3 rings (SSSR count). The van der Waals surface area contributed by atoms with Crippen LogP contribution in [0.15, 0.2) is 41.4 Å². The third-order valence-electron chi connectivity index (χ3n) is 5.65. The summed E-state index contributed by atoms with van der Waals surface area (Å²) >= 11 is 0. The Morgan fingerprint density at radius 3 is 2.63 bits per heavy atom. The van der Waals surface area contributed by atoms with Gasteiger partial charge in [0.25, 0.3) is 0 Å². The first-order valence-electron chi connectivity index (χ1n) is 10.2. The summed E-state index contributed by atoms with van der Waals surface area (Å²) in [6.07, 6.45) is 7.05. The normalized spacial score (nSPS) is 19.3. The lowest BCUT2D eigenvalue weighted by atomic mass is 10.00. The van der Waals surface area contributed by atoms with Gasteiger partial charge in [-0.15, -0.1) is 0 Å². The predicted molar refractivity (Wildman–Crippen MR) is 112 cm³/mol. The summed E-state index contributed by atoms with van der Waals surface area (Å²) in [5.74, 6) is 1.28. The summed E-state index contributed by atoms with van der Waals surface area (Å²) in [5, 5.41) is 3.51. The van der Waals surface area contributed by atoms with Gasteiger partial charge in [-0.25, -0.2) is 0 Å². The molecule has 0 bridgehead atoms. The number of hydrogen-bond acceptors (Lipinski definition) is 2. The van der Waals surface area contributed by atoms with E-state index in [9.17, 15) is 4.79 Å². The van der Waals surface area contributed by atoms with Crippen LogP contribution in [0.1, 0.15) is 44.6 Å². The van der Waals surface area contributed by atoms with Crippen LogP contribution in [0, 0.1) is 0 Å². The minimum Gasteiger partial charge on any atom is -0.356 e. The molecule has 1 atom stereocenters. The molecule has 2 aliphatic rings. The van der Waals surface area contributed by atoms with Crippen LogP contribution in [0.5, 0.6) is 0 Å². The van der Waals surface area contributed by atoms with Crippen molar-refractivity contribution >= 4 is 17.4 Å². The maximum absolute atomic E-state index is 12.0. The highest BCUT2D eigenvalue weighted by atomic mass is 16.2. The van der Waals surface area contributed by atoms with E-state index < -0.39 is 0 Å². The van der Waals surface area contributed by atoms with E-state index in [1.807, 2.05) is 7.05 Å². The number of guanidine groups is 1. The maximum atomic E-state index is 12.0. The number of aliphatic imine (C=N–C) groups is 1. The number of carbonyl (C=O) groups excluding carboxylic acids is 1. The molecule has 27 heavy (non-hydrogen) atoms. The van der Waals surface area contributed by atoms with E-state index in [1.165, 1.54) is 11.1 Å². The Hall–Kier alpha value is -2.30. The quantitative estimate of drug-likeness (QED) is 0.620. The van der Waals surface area contributed by atoms with Crippen LogP contribution in [0.3, 0.4) is 0 Å². The molecule has 5 heteroatoms. The molecular weight excluding hydrogens is 336 g/mol. The van der Waals surface area contributed by atoms with Gasteiger partial charge < -0.3 is 15.1 Å². The van der Waals surface area contributed by atoms with E-state index in [2.05, 4.69) is 63.4 Å². The third-order valence-corrected chi connectivity index (χ3v) is 5.65. The van der Waals surface area contributed by atoms with Gasteiger partial charge in [-0.05, 0) is 36.8 Å². The summed E-state index contributed by atoms with van der Waals surface area (Å²) in [7, 11) is 1.85. The third kappa shape index (κ3) is 4.90. The van der Waals surface area contributed by atoms with Gasteiger partial charge in [0.15, 0.2) is 5.96 Å². The van der Waals surface area contributed by atoms with Crippen molar-refractivity contribution in [1.82, 2.24) is 15.1 Å². The van der Waals surface area contributed by atoms with Gasteiger partial charge in [0.2, 0.25) is 5.91 Å². The second kappa shape index (κ2) is 9.58. The van der Waals surface area contributed by atoms with Crippen LogP contribution >= 0.6 is 0 Å². The Kier molecular flexibility index (Phi) is 6.91. The zero-order valence-electron chi connectivity index (χ0n) is 16.7. The van der Waals surface area contributed by atoms with Crippen LogP contribution < -0.4 is 5.32 Å². The highest BCUT2D eigenvalue weighted by Crippen LogP contribution is 2.22. The molecule has 0 spiro atoms. The number of amides is 1. The molecular formula is C22H32N4O. The van der Waals surface area contributed by atoms with Crippen molar-refractivity contribution in [2.75, 3.05) is 33.2 Å². The SMILES string of the molecule is CCC(CCNC(=NC)N1CC=C(c2ccccc2)CC1)N1CCCC1=O. The molecule has 2 aliphatic heterocycles. The van der Waals surface area contributed by atoms with Crippen LogP contribution in [0.2, 0.25) is 0 Å². The van der Waals surface area contributed by atoms with Gasteiger partial charge in [-0.1, -0.05) is 43.3 Å². The van der Waals surface area contributed by atoms with E-state index in [0.29, 0.717) is 11.9 Å². The number of likely N-dealkylation sites (tertiary alicyclic amines) is 1. The summed E-state index contributed by atoms with van der Waals surface area (Å²) in [6.45, 7) is 5.80. The summed E-state index contributed by atoms with van der Waals surface area (Å²) in [5.41, 5.74) is 2.74. The van der Waals surface area contributed by atoms with Gasteiger partial charge in [0.05, 0.1) is 0 Å². The highest BCUT2D eigenvalue weighted by Gasteiger charge is 2.26. The van der Waals surface area contributed by atoms with Crippen molar-refractivity contribution in [3.63, 3.8) is 0 Å². The number of hydrogen-bond donors (Lipinski definition) is 1. The minimum absolute atomic E-state index is 0.320. The van der Waals surface area contributed by atoms with Crippen LogP contribution in [-0.2, 0) is 4.79 Å². The predicted octanol–water partition coefficient (Wildman–Crippen LogP) is 3.14. The lowest BCUT2D eigenvalue weighted by Gasteiger charge is -2.31. The van der Waals surface area contributed by atoms with Gasteiger partial charge in [0.1, 0.15) is 0 Å². The number of benzene rings is 1. The lowest BCUT2D eigenvalue weighted by molar-refractivity contribution is -0.129. The van der Waals surface area contributed by atoms with Gasteiger partial charge in [-0.2, -0.15) is 0 Å². The number of carbonyl (C=O) groups is 1. The number of nitrogens with one attached hydrogen (secondary N) is 1. The van der Waals surface area contributed by atoms with Crippen LogP contribution in [0.4, 0.5) is 0 Å². The molecule has 1 aromatic carbocycles. The van der Waals surface area contributed by atoms with Crippen LogP contribution in [-0.4, -0.2) is 60.9 Å². The van der Waals surface area contributed by atoms with Crippen molar-refractivity contribution < 1.29 is 4.79 Å². The zero-order valence-corrected chi connectivity index (χ0v) is 16.7. The Labute approximate surface area is 163 Å². The highest BCUT2D eigenvalue weighted by molar-refractivity contribution is 5.81. The molecule has 1 fully saturated rings. The Morgan fingerprint density at radius 1 is 1.22 bits per heavy atom. The average molecular weight is 369 g/mol. The molecule has 2 heterocycles. The fourth-order valence-corrected chi connectivity index (χ4v) is 4.09. The molecule has 1 saturated heterocycles.